The van der Waals surface area contributed by atoms with E-state index >= 15 is 0 Å². The molecule has 1 unspecified atom stereocenters. The van der Waals surface area contributed by atoms with Crippen LogP contribution in [0.1, 0.15) is 44.0 Å². The lowest BCUT2D eigenvalue weighted by Gasteiger charge is -2.31. The number of carbonyl (C=O) groups excluding carboxylic acids is 1. The summed E-state index contributed by atoms with van der Waals surface area (Å²) in [6.45, 7) is 8.07. The van der Waals surface area contributed by atoms with Gasteiger partial charge >= 0.3 is 0 Å². The summed E-state index contributed by atoms with van der Waals surface area (Å²) in [6.07, 6.45) is 5.74. The van der Waals surface area contributed by atoms with E-state index in [2.05, 4.69) is 31.1 Å². The van der Waals surface area contributed by atoms with Gasteiger partial charge in [-0.05, 0) is 38.7 Å². The van der Waals surface area contributed by atoms with Crippen LogP contribution in [0.3, 0.4) is 0 Å². The van der Waals surface area contributed by atoms with Crippen molar-refractivity contribution >= 4 is 11.6 Å². The van der Waals surface area contributed by atoms with E-state index in [4.69, 9.17) is 0 Å². The number of hydrogen-bond donors (Lipinski definition) is 1. The average Bonchev–Trinajstić information content (AvgIpc) is 2.37. The van der Waals surface area contributed by atoms with Gasteiger partial charge in [-0.25, -0.2) is 0 Å². The lowest BCUT2D eigenvalue weighted by molar-refractivity contribution is 0.0682. The van der Waals surface area contributed by atoms with Crippen molar-refractivity contribution in [1.29, 1.82) is 0 Å². The minimum absolute atomic E-state index is 0.103. The number of carbonyl (C=O) groups is 1. The van der Waals surface area contributed by atoms with Gasteiger partial charge in [-0.3, -0.25) is 9.78 Å². The molecule has 0 spiro atoms. The Morgan fingerprint density at radius 3 is 2.95 bits per heavy atom. The molecule has 1 amide bonds. The molecule has 0 aromatic carbocycles. The van der Waals surface area contributed by atoms with E-state index in [1.165, 1.54) is 6.42 Å². The molecule has 1 atom stereocenters. The number of nitrogens with zero attached hydrogens (tertiary/aromatic N) is 2. The monoisotopic (exact) mass is 261 g/mol. The van der Waals surface area contributed by atoms with Crippen LogP contribution in [-0.2, 0) is 0 Å². The van der Waals surface area contributed by atoms with Crippen LogP contribution in [0.2, 0.25) is 0 Å². The smallest absolute Gasteiger partial charge is 0.255 e. The van der Waals surface area contributed by atoms with Crippen molar-refractivity contribution in [3.63, 3.8) is 0 Å². The Morgan fingerprint density at radius 1 is 1.47 bits per heavy atom. The first kappa shape index (κ1) is 13.8. The minimum atomic E-state index is 0.103. The first-order chi connectivity index (χ1) is 9.06. The molecule has 0 radical (unpaired) electrons. The van der Waals surface area contributed by atoms with Gasteiger partial charge in [0.05, 0.1) is 11.3 Å². The Morgan fingerprint density at radius 2 is 2.26 bits per heavy atom. The summed E-state index contributed by atoms with van der Waals surface area (Å²) in [6, 6.07) is 2.23. The SMILES string of the molecule is CC1CCCN(C(=O)c2cncc(NC(C)C)c2)C1. The van der Waals surface area contributed by atoms with Crippen LogP contribution in [0.4, 0.5) is 5.69 Å². The molecule has 1 aliphatic rings. The van der Waals surface area contributed by atoms with E-state index in [-0.39, 0.29) is 5.91 Å². The summed E-state index contributed by atoms with van der Waals surface area (Å²) in [4.78, 5) is 18.6. The fourth-order valence-corrected chi connectivity index (χ4v) is 2.53. The van der Waals surface area contributed by atoms with Crippen LogP contribution in [0.5, 0.6) is 0 Å². The number of rotatable bonds is 3. The number of likely N-dealkylation sites (tertiary alicyclic amines) is 1. The molecule has 1 saturated heterocycles. The third kappa shape index (κ3) is 3.69. The zero-order chi connectivity index (χ0) is 13.8. The van der Waals surface area contributed by atoms with Gasteiger partial charge in [-0.15, -0.1) is 0 Å². The molecule has 2 heterocycles. The largest absolute Gasteiger partial charge is 0.382 e. The van der Waals surface area contributed by atoms with Gasteiger partial charge in [-0.1, -0.05) is 6.92 Å². The second-order valence-electron chi connectivity index (χ2n) is 5.76. The van der Waals surface area contributed by atoms with E-state index in [0.29, 0.717) is 17.5 Å². The molecule has 1 aromatic heterocycles. The average molecular weight is 261 g/mol. The molecule has 4 heteroatoms. The van der Waals surface area contributed by atoms with E-state index in [1.54, 1.807) is 12.4 Å². The highest BCUT2D eigenvalue weighted by atomic mass is 16.2. The fourth-order valence-electron chi connectivity index (χ4n) is 2.53. The van der Waals surface area contributed by atoms with E-state index in [9.17, 15) is 4.79 Å². The summed E-state index contributed by atoms with van der Waals surface area (Å²) < 4.78 is 0. The summed E-state index contributed by atoms with van der Waals surface area (Å²) >= 11 is 0. The van der Waals surface area contributed by atoms with E-state index in [0.717, 1.165) is 25.2 Å². The molecule has 1 aromatic rings. The standard InChI is InChI=1S/C15H23N3O/c1-11(2)17-14-7-13(8-16-9-14)15(19)18-6-4-5-12(3)10-18/h7-9,11-12,17H,4-6,10H2,1-3H3. The first-order valence-electron chi connectivity index (χ1n) is 7.07. The predicted molar refractivity (Wildman–Crippen MR) is 77.3 cm³/mol. The molecule has 19 heavy (non-hydrogen) atoms. The van der Waals surface area contributed by atoms with Gasteiger partial charge in [0.2, 0.25) is 0 Å². The Labute approximate surface area is 115 Å². The van der Waals surface area contributed by atoms with Gasteiger partial charge in [0, 0.05) is 31.5 Å². The molecule has 1 fully saturated rings. The van der Waals surface area contributed by atoms with E-state index in [1.807, 2.05) is 11.0 Å². The molecule has 0 bridgehead atoms. The second kappa shape index (κ2) is 6.04. The maximum Gasteiger partial charge on any atom is 0.255 e. The molecule has 2 rings (SSSR count). The van der Waals surface area contributed by atoms with Crippen molar-refractivity contribution in [3.8, 4) is 0 Å². The second-order valence-corrected chi connectivity index (χ2v) is 5.76. The number of nitrogens with one attached hydrogen (secondary N) is 1. The topological polar surface area (TPSA) is 45.2 Å². The normalized spacial score (nSPS) is 19.6. The maximum absolute atomic E-state index is 12.4. The molecule has 4 nitrogen and oxygen atoms in total. The highest BCUT2D eigenvalue weighted by Crippen LogP contribution is 2.19. The zero-order valence-electron chi connectivity index (χ0n) is 12.0. The Bertz CT molecular complexity index is 445. The van der Waals surface area contributed by atoms with Gasteiger partial charge < -0.3 is 10.2 Å². The molecule has 0 aliphatic carbocycles. The molecule has 0 saturated carbocycles. The van der Waals surface area contributed by atoms with Gasteiger partial charge in [-0.2, -0.15) is 0 Å². The first-order valence-corrected chi connectivity index (χ1v) is 7.07. The van der Waals surface area contributed by atoms with Crippen LogP contribution in [0.15, 0.2) is 18.5 Å². The number of piperidine rings is 1. The van der Waals surface area contributed by atoms with Crippen LogP contribution in [0.25, 0.3) is 0 Å². The molecule has 1 N–H and O–H groups in total. The van der Waals surface area contributed by atoms with Gasteiger partial charge in [0.15, 0.2) is 0 Å². The van der Waals surface area contributed by atoms with Gasteiger partial charge in [0.25, 0.3) is 5.91 Å². The number of amides is 1. The van der Waals surface area contributed by atoms with E-state index < -0.39 is 0 Å². The fraction of sp³-hybridized carbons (Fsp3) is 0.600. The van der Waals surface area contributed by atoms with Gasteiger partial charge in [0.1, 0.15) is 0 Å². The zero-order valence-corrected chi connectivity index (χ0v) is 12.0. The number of pyridine rings is 1. The molecule has 1 aliphatic heterocycles. The van der Waals surface area contributed by atoms with Crippen LogP contribution < -0.4 is 5.32 Å². The van der Waals surface area contributed by atoms with Crippen molar-refractivity contribution in [2.75, 3.05) is 18.4 Å². The van der Waals surface area contributed by atoms with Crippen molar-refractivity contribution in [1.82, 2.24) is 9.88 Å². The third-order valence-corrected chi connectivity index (χ3v) is 3.38. The summed E-state index contributed by atoms with van der Waals surface area (Å²) in [7, 11) is 0. The molecule has 104 valence electrons. The van der Waals surface area contributed by atoms with Crippen LogP contribution in [0, 0.1) is 5.92 Å². The Balaban J connectivity index is 2.10. The highest BCUT2D eigenvalue weighted by Gasteiger charge is 2.22. The number of anilines is 1. The Kier molecular flexibility index (Phi) is 4.40. The van der Waals surface area contributed by atoms with Crippen molar-refractivity contribution < 1.29 is 4.79 Å². The third-order valence-electron chi connectivity index (χ3n) is 3.38. The lowest BCUT2D eigenvalue weighted by Crippen LogP contribution is -2.39. The van der Waals surface area contributed by atoms with Crippen LogP contribution in [-0.4, -0.2) is 34.9 Å². The number of aromatic nitrogens is 1. The van der Waals surface area contributed by atoms with Crippen molar-refractivity contribution in [3.05, 3.63) is 24.0 Å². The predicted octanol–water partition coefficient (Wildman–Crippen LogP) is 2.77. The molecular formula is C15H23N3O. The summed E-state index contributed by atoms with van der Waals surface area (Å²) in [5.41, 5.74) is 1.59. The maximum atomic E-state index is 12.4. The lowest BCUT2D eigenvalue weighted by atomic mass is 10.00. The van der Waals surface area contributed by atoms with Crippen molar-refractivity contribution in [2.24, 2.45) is 5.92 Å². The summed E-state index contributed by atoms with van der Waals surface area (Å²) in [5.74, 6) is 0.703. The quantitative estimate of drug-likeness (QED) is 0.910. The molecular weight excluding hydrogens is 238 g/mol. The number of hydrogen-bond acceptors (Lipinski definition) is 3. The van der Waals surface area contributed by atoms with Crippen LogP contribution >= 0.6 is 0 Å². The Hall–Kier alpha value is -1.58. The van der Waals surface area contributed by atoms with Crippen molar-refractivity contribution in [2.45, 2.75) is 39.7 Å². The highest BCUT2D eigenvalue weighted by molar-refractivity contribution is 5.94. The summed E-state index contributed by atoms with van der Waals surface area (Å²) in [5, 5.41) is 3.28. The minimum Gasteiger partial charge on any atom is -0.382 e.